The van der Waals surface area contributed by atoms with Gasteiger partial charge in [-0.25, -0.2) is 0 Å². The minimum Gasteiger partial charge on any atom is -0.344 e. The maximum atomic E-state index is 6.25. The van der Waals surface area contributed by atoms with E-state index >= 15 is 0 Å². The largest absolute Gasteiger partial charge is 0.344 e. The third kappa shape index (κ3) is 2.05. The summed E-state index contributed by atoms with van der Waals surface area (Å²) in [7, 11) is 0. The van der Waals surface area contributed by atoms with Gasteiger partial charge in [0.1, 0.15) is 6.10 Å². The summed E-state index contributed by atoms with van der Waals surface area (Å²) in [5.74, 6) is -0.396. The first-order valence-electron chi connectivity index (χ1n) is 6.41. The minimum absolute atomic E-state index is 0.0134. The van der Waals surface area contributed by atoms with Crippen LogP contribution < -0.4 is 0 Å². The van der Waals surface area contributed by atoms with Crippen molar-refractivity contribution in [3.63, 3.8) is 0 Å². The van der Waals surface area contributed by atoms with Crippen molar-refractivity contribution in [3.8, 4) is 0 Å². The van der Waals surface area contributed by atoms with Gasteiger partial charge in [0.25, 0.3) is 0 Å². The molecule has 2 aliphatic rings. The molecule has 2 fully saturated rings. The second-order valence-electron chi connectivity index (χ2n) is 5.11. The van der Waals surface area contributed by atoms with E-state index in [4.69, 9.17) is 32.7 Å². The Labute approximate surface area is 117 Å². The van der Waals surface area contributed by atoms with E-state index in [2.05, 4.69) is 0 Å². The molecule has 1 aromatic carbocycles. The van der Waals surface area contributed by atoms with Gasteiger partial charge in [-0.05, 0) is 31.9 Å². The van der Waals surface area contributed by atoms with Crippen LogP contribution in [0.2, 0.25) is 10.0 Å². The van der Waals surface area contributed by atoms with E-state index in [0.29, 0.717) is 10.0 Å². The molecule has 0 unspecified atom stereocenters. The smallest absolute Gasteiger partial charge is 0.169 e. The predicted octanol–water partition coefficient (Wildman–Crippen LogP) is 4.74. The van der Waals surface area contributed by atoms with Crippen LogP contribution in [0, 0.1) is 0 Å². The fourth-order valence-corrected chi connectivity index (χ4v) is 3.59. The van der Waals surface area contributed by atoms with Crippen molar-refractivity contribution in [1.82, 2.24) is 0 Å². The van der Waals surface area contributed by atoms with Crippen molar-refractivity contribution in [2.75, 3.05) is 0 Å². The van der Waals surface area contributed by atoms with Crippen molar-refractivity contribution in [2.45, 2.75) is 50.6 Å². The lowest BCUT2D eigenvalue weighted by Crippen LogP contribution is -2.26. The van der Waals surface area contributed by atoms with E-state index < -0.39 is 5.79 Å². The normalized spacial score (nSPS) is 30.2. The topological polar surface area (TPSA) is 18.5 Å². The van der Waals surface area contributed by atoms with Crippen LogP contribution in [0.3, 0.4) is 0 Å². The highest BCUT2D eigenvalue weighted by molar-refractivity contribution is 6.36. The molecule has 1 spiro atoms. The number of benzene rings is 1. The Morgan fingerprint density at radius 3 is 2.33 bits per heavy atom. The molecule has 0 N–H and O–H groups in total. The molecule has 3 rings (SSSR count). The molecular formula is C14H16Cl2O2. The standard InChI is InChI=1S/C14H16Cl2O2/c1-9-13(12-10(15)5-4-6-11(12)16)18-14(17-9)7-2-3-8-14/h4-6,9,13H,2-3,7-8H2,1H3/t9-,13+/m0/s1. The molecule has 0 radical (unpaired) electrons. The van der Waals surface area contributed by atoms with E-state index in [-0.39, 0.29) is 12.2 Å². The van der Waals surface area contributed by atoms with Crippen molar-refractivity contribution in [2.24, 2.45) is 0 Å². The Morgan fingerprint density at radius 2 is 1.72 bits per heavy atom. The van der Waals surface area contributed by atoms with E-state index in [1.54, 1.807) is 0 Å². The van der Waals surface area contributed by atoms with Crippen molar-refractivity contribution < 1.29 is 9.47 Å². The van der Waals surface area contributed by atoms with Crippen LogP contribution in [-0.4, -0.2) is 11.9 Å². The fraction of sp³-hybridized carbons (Fsp3) is 0.571. The Balaban J connectivity index is 1.93. The molecule has 98 valence electrons. The molecule has 2 atom stereocenters. The second-order valence-corrected chi connectivity index (χ2v) is 5.93. The van der Waals surface area contributed by atoms with Crippen LogP contribution in [-0.2, 0) is 9.47 Å². The van der Waals surface area contributed by atoms with Crippen molar-refractivity contribution >= 4 is 23.2 Å². The molecule has 1 aromatic rings. The maximum Gasteiger partial charge on any atom is 0.169 e. The van der Waals surface area contributed by atoms with Gasteiger partial charge in [0, 0.05) is 28.5 Å². The average Bonchev–Trinajstić information content (AvgIpc) is 2.88. The van der Waals surface area contributed by atoms with Crippen molar-refractivity contribution in [1.29, 1.82) is 0 Å². The molecule has 2 nitrogen and oxygen atoms in total. The third-order valence-corrected chi connectivity index (χ3v) is 4.48. The molecule has 1 aliphatic carbocycles. The summed E-state index contributed by atoms with van der Waals surface area (Å²) in [6.45, 7) is 2.03. The maximum absolute atomic E-state index is 6.25. The summed E-state index contributed by atoms with van der Waals surface area (Å²) in [6, 6.07) is 5.54. The summed E-state index contributed by atoms with van der Waals surface area (Å²) in [4.78, 5) is 0. The van der Waals surface area contributed by atoms with Crippen LogP contribution in [0.1, 0.15) is 44.3 Å². The van der Waals surface area contributed by atoms with E-state index in [1.165, 1.54) is 0 Å². The van der Waals surface area contributed by atoms with Crippen molar-refractivity contribution in [3.05, 3.63) is 33.8 Å². The predicted molar refractivity (Wildman–Crippen MR) is 72.0 cm³/mol. The number of hydrogen-bond acceptors (Lipinski definition) is 2. The van der Waals surface area contributed by atoms with Gasteiger partial charge in [-0.2, -0.15) is 0 Å². The van der Waals surface area contributed by atoms with Gasteiger partial charge in [-0.15, -0.1) is 0 Å². The number of ether oxygens (including phenoxy) is 2. The number of rotatable bonds is 1. The molecule has 0 amide bonds. The van der Waals surface area contributed by atoms with Crippen LogP contribution in [0.5, 0.6) is 0 Å². The Bertz CT molecular complexity index is 435. The molecule has 0 aromatic heterocycles. The minimum atomic E-state index is -0.396. The van der Waals surface area contributed by atoms with Gasteiger partial charge in [0.2, 0.25) is 0 Å². The summed E-state index contributed by atoms with van der Waals surface area (Å²) in [6.07, 6.45) is 4.09. The van der Waals surface area contributed by atoms with E-state index in [0.717, 1.165) is 31.2 Å². The molecule has 1 aliphatic heterocycles. The molecule has 1 saturated carbocycles. The zero-order valence-electron chi connectivity index (χ0n) is 10.3. The van der Waals surface area contributed by atoms with Gasteiger partial charge in [-0.1, -0.05) is 29.3 Å². The number of halogens is 2. The molecule has 1 heterocycles. The first-order valence-corrected chi connectivity index (χ1v) is 7.16. The van der Waals surface area contributed by atoms with Crippen LogP contribution in [0.4, 0.5) is 0 Å². The fourth-order valence-electron chi connectivity index (χ4n) is 2.98. The summed E-state index contributed by atoms with van der Waals surface area (Å²) >= 11 is 12.5. The molecule has 4 heteroatoms. The lowest BCUT2D eigenvalue weighted by Gasteiger charge is -2.22. The van der Waals surface area contributed by atoms with Gasteiger partial charge in [0.15, 0.2) is 5.79 Å². The van der Waals surface area contributed by atoms with E-state index in [9.17, 15) is 0 Å². The highest BCUT2D eigenvalue weighted by Gasteiger charge is 2.48. The van der Waals surface area contributed by atoms with Gasteiger partial charge < -0.3 is 9.47 Å². The average molecular weight is 287 g/mol. The lowest BCUT2D eigenvalue weighted by atomic mass is 10.1. The lowest BCUT2D eigenvalue weighted by molar-refractivity contribution is -0.168. The highest BCUT2D eigenvalue weighted by Crippen LogP contribution is 2.49. The van der Waals surface area contributed by atoms with Gasteiger partial charge >= 0.3 is 0 Å². The Hall–Kier alpha value is -0.280. The monoisotopic (exact) mass is 286 g/mol. The SMILES string of the molecule is C[C@@H]1OC2(CCCC2)O[C@H]1c1c(Cl)cccc1Cl. The Kier molecular flexibility index (Phi) is 3.31. The Morgan fingerprint density at radius 1 is 1.11 bits per heavy atom. The van der Waals surface area contributed by atoms with Crippen LogP contribution >= 0.6 is 23.2 Å². The quantitative estimate of drug-likeness (QED) is 0.742. The first-order chi connectivity index (χ1) is 8.61. The summed E-state index contributed by atoms with van der Waals surface area (Å²) < 4.78 is 12.2. The summed E-state index contributed by atoms with van der Waals surface area (Å²) in [5.41, 5.74) is 0.858. The first kappa shape index (κ1) is 12.7. The third-order valence-electron chi connectivity index (χ3n) is 3.82. The van der Waals surface area contributed by atoms with Crippen LogP contribution in [0.25, 0.3) is 0 Å². The van der Waals surface area contributed by atoms with Gasteiger partial charge in [0.05, 0.1) is 6.10 Å². The van der Waals surface area contributed by atoms with E-state index in [1.807, 2.05) is 25.1 Å². The number of hydrogen-bond donors (Lipinski definition) is 0. The summed E-state index contributed by atoms with van der Waals surface area (Å²) in [5, 5.41) is 1.30. The molecule has 18 heavy (non-hydrogen) atoms. The zero-order chi connectivity index (χ0) is 12.8. The zero-order valence-corrected chi connectivity index (χ0v) is 11.8. The second kappa shape index (κ2) is 4.68. The van der Waals surface area contributed by atoms with Crippen LogP contribution in [0.15, 0.2) is 18.2 Å². The van der Waals surface area contributed by atoms with Gasteiger partial charge in [-0.3, -0.25) is 0 Å². The highest BCUT2D eigenvalue weighted by atomic mass is 35.5. The molecule has 0 bridgehead atoms. The molecule has 1 saturated heterocycles. The molecular weight excluding hydrogens is 271 g/mol.